The molecule has 0 aliphatic heterocycles. The Morgan fingerprint density at radius 3 is 2.15 bits per heavy atom. The summed E-state index contributed by atoms with van der Waals surface area (Å²) in [5.74, 6) is 0. The minimum atomic E-state index is -0.394. The maximum atomic E-state index is 11.6. The van der Waals surface area contributed by atoms with Crippen molar-refractivity contribution in [3.8, 4) is 0 Å². The molecule has 20 heavy (non-hydrogen) atoms. The van der Waals surface area contributed by atoms with Crippen LogP contribution in [0.15, 0.2) is 53.5 Å². The predicted molar refractivity (Wildman–Crippen MR) is 82.7 cm³/mol. The maximum Gasteiger partial charge on any atom is 0.341 e. The van der Waals surface area contributed by atoms with Crippen molar-refractivity contribution in [1.82, 2.24) is 5.32 Å². The van der Waals surface area contributed by atoms with Gasteiger partial charge in [0.25, 0.3) is 0 Å². The average molecular weight is 307 g/mol. The highest BCUT2D eigenvalue weighted by atomic mass is 35.5. The fourth-order valence-electron chi connectivity index (χ4n) is 1.51. The number of aliphatic imine (C=N–C) groups is 1. The summed E-state index contributed by atoms with van der Waals surface area (Å²) >= 11 is 11.6. The Bertz CT molecular complexity index is 607. The molecular formula is C15H12Cl2N2O. The molecule has 0 heterocycles. The van der Waals surface area contributed by atoms with Crippen LogP contribution in [0.3, 0.4) is 0 Å². The highest BCUT2D eigenvalue weighted by Gasteiger charge is 1.98. The van der Waals surface area contributed by atoms with E-state index in [9.17, 15) is 4.79 Å². The first-order chi connectivity index (χ1) is 9.63. The lowest BCUT2D eigenvalue weighted by molar-refractivity contribution is 0.249. The van der Waals surface area contributed by atoms with Gasteiger partial charge >= 0.3 is 6.03 Å². The van der Waals surface area contributed by atoms with Crippen LogP contribution >= 0.6 is 23.2 Å². The second-order valence-corrected chi connectivity index (χ2v) is 4.97. The lowest BCUT2D eigenvalue weighted by Crippen LogP contribution is -2.19. The highest BCUT2D eigenvalue weighted by molar-refractivity contribution is 6.30. The van der Waals surface area contributed by atoms with E-state index in [4.69, 9.17) is 23.2 Å². The number of nitrogens with zero attached hydrogens (tertiary/aromatic N) is 1. The molecule has 2 amide bonds. The summed E-state index contributed by atoms with van der Waals surface area (Å²) in [6.45, 7) is 0.411. The van der Waals surface area contributed by atoms with Gasteiger partial charge in [-0.2, -0.15) is 0 Å². The zero-order valence-corrected chi connectivity index (χ0v) is 12.0. The molecule has 0 aliphatic rings. The monoisotopic (exact) mass is 306 g/mol. The molecule has 0 unspecified atom stereocenters. The standard InChI is InChI=1S/C15H12Cl2N2O/c16-13-5-1-11(2-6-13)9-18-15(20)19-10-12-3-7-14(17)8-4-12/h1-9H,10H2,(H,19,20)/b18-9+. The average Bonchev–Trinajstić information content (AvgIpc) is 2.46. The van der Waals surface area contributed by atoms with Crippen molar-refractivity contribution in [2.24, 2.45) is 4.99 Å². The molecule has 2 aromatic carbocycles. The van der Waals surface area contributed by atoms with E-state index in [1.54, 1.807) is 36.4 Å². The molecule has 0 spiro atoms. The molecule has 0 saturated heterocycles. The summed E-state index contributed by atoms with van der Waals surface area (Å²) in [6.07, 6.45) is 1.49. The van der Waals surface area contributed by atoms with Gasteiger partial charge in [-0.15, -0.1) is 0 Å². The molecule has 0 bridgehead atoms. The summed E-state index contributed by atoms with van der Waals surface area (Å²) in [5, 5.41) is 4.01. The van der Waals surface area contributed by atoms with Crippen molar-refractivity contribution in [2.45, 2.75) is 6.54 Å². The fourth-order valence-corrected chi connectivity index (χ4v) is 1.76. The Morgan fingerprint density at radius 2 is 1.55 bits per heavy atom. The predicted octanol–water partition coefficient (Wildman–Crippen LogP) is 4.32. The van der Waals surface area contributed by atoms with Gasteiger partial charge in [-0.05, 0) is 35.4 Å². The number of rotatable bonds is 3. The summed E-state index contributed by atoms with van der Waals surface area (Å²) < 4.78 is 0. The van der Waals surface area contributed by atoms with Crippen LogP contribution in [0.4, 0.5) is 4.79 Å². The number of halogens is 2. The first-order valence-corrected chi connectivity index (χ1v) is 6.71. The third kappa shape index (κ3) is 4.68. The molecule has 0 radical (unpaired) electrons. The summed E-state index contributed by atoms with van der Waals surface area (Å²) in [5.41, 5.74) is 1.78. The van der Waals surface area contributed by atoms with Gasteiger partial charge in [0.2, 0.25) is 0 Å². The second kappa shape index (κ2) is 7.08. The van der Waals surface area contributed by atoms with Crippen molar-refractivity contribution in [3.63, 3.8) is 0 Å². The Balaban J connectivity index is 1.86. The highest BCUT2D eigenvalue weighted by Crippen LogP contribution is 2.09. The summed E-state index contributed by atoms with van der Waals surface area (Å²) in [7, 11) is 0. The number of hydrogen-bond donors (Lipinski definition) is 1. The molecule has 2 rings (SSSR count). The van der Waals surface area contributed by atoms with Gasteiger partial charge in [-0.1, -0.05) is 47.5 Å². The minimum Gasteiger partial charge on any atom is -0.332 e. The Kier molecular flexibility index (Phi) is 5.16. The zero-order valence-electron chi connectivity index (χ0n) is 10.5. The lowest BCUT2D eigenvalue weighted by atomic mass is 10.2. The van der Waals surface area contributed by atoms with E-state index in [-0.39, 0.29) is 0 Å². The summed E-state index contributed by atoms with van der Waals surface area (Å²) in [6, 6.07) is 13.9. The number of carbonyl (C=O) groups is 1. The smallest absolute Gasteiger partial charge is 0.332 e. The van der Waals surface area contributed by atoms with E-state index in [0.29, 0.717) is 16.6 Å². The first-order valence-electron chi connectivity index (χ1n) is 5.95. The molecule has 0 saturated carbocycles. The summed E-state index contributed by atoms with van der Waals surface area (Å²) in [4.78, 5) is 15.4. The van der Waals surface area contributed by atoms with E-state index in [1.165, 1.54) is 6.21 Å². The third-order valence-electron chi connectivity index (χ3n) is 2.56. The SMILES string of the molecule is O=C(/N=C/c1ccc(Cl)cc1)NCc1ccc(Cl)cc1. The van der Waals surface area contributed by atoms with Crippen LogP contribution in [0.25, 0.3) is 0 Å². The molecule has 102 valence electrons. The number of benzene rings is 2. The molecular weight excluding hydrogens is 295 g/mol. The molecule has 5 heteroatoms. The van der Waals surface area contributed by atoms with E-state index in [1.807, 2.05) is 12.1 Å². The van der Waals surface area contributed by atoms with E-state index < -0.39 is 6.03 Å². The minimum absolute atomic E-state index is 0.394. The van der Waals surface area contributed by atoms with Gasteiger partial charge < -0.3 is 5.32 Å². The number of carbonyl (C=O) groups excluding carboxylic acids is 1. The molecule has 0 aliphatic carbocycles. The number of nitrogens with one attached hydrogen (secondary N) is 1. The Morgan fingerprint density at radius 1 is 1.00 bits per heavy atom. The van der Waals surface area contributed by atoms with Crippen molar-refractivity contribution in [2.75, 3.05) is 0 Å². The normalized spacial score (nSPS) is 10.7. The van der Waals surface area contributed by atoms with E-state index in [0.717, 1.165) is 11.1 Å². The topological polar surface area (TPSA) is 41.5 Å². The molecule has 0 atom stereocenters. The Labute approximate surface area is 127 Å². The number of urea groups is 1. The molecule has 0 fully saturated rings. The quantitative estimate of drug-likeness (QED) is 0.843. The lowest BCUT2D eigenvalue weighted by Gasteiger charge is -2.02. The molecule has 2 aromatic rings. The van der Waals surface area contributed by atoms with Gasteiger partial charge in [-0.3, -0.25) is 0 Å². The van der Waals surface area contributed by atoms with Gasteiger partial charge in [0, 0.05) is 22.8 Å². The van der Waals surface area contributed by atoms with Crippen LogP contribution < -0.4 is 5.32 Å². The third-order valence-corrected chi connectivity index (χ3v) is 3.06. The van der Waals surface area contributed by atoms with Crippen molar-refractivity contribution >= 4 is 35.4 Å². The van der Waals surface area contributed by atoms with Gasteiger partial charge in [0.1, 0.15) is 0 Å². The van der Waals surface area contributed by atoms with Crippen LogP contribution in [-0.4, -0.2) is 12.2 Å². The van der Waals surface area contributed by atoms with Crippen molar-refractivity contribution in [1.29, 1.82) is 0 Å². The first kappa shape index (κ1) is 14.6. The number of hydrogen-bond acceptors (Lipinski definition) is 1. The molecule has 1 N–H and O–H groups in total. The van der Waals surface area contributed by atoms with Gasteiger partial charge in [0.15, 0.2) is 0 Å². The zero-order chi connectivity index (χ0) is 14.4. The van der Waals surface area contributed by atoms with E-state index in [2.05, 4.69) is 10.3 Å². The van der Waals surface area contributed by atoms with Crippen LogP contribution in [0.1, 0.15) is 11.1 Å². The van der Waals surface area contributed by atoms with Crippen LogP contribution in [0.5, 0.6) is 0 Å². The molecule has 0 aromatic heterocycles. The van der Waals surface area contributed by atoms with E-state index >= 15 is 0 Å². The van der Waals surface area contributed by atoms with Crippen molar-refractivity contribution < 1.29 is 4.79 Å². The van der Waals surface area contributed by atoms with Crippen molar-refractivity contribution in [3.05, 3.63) is 69.7 Å². The van der Waals surface area contributed by atoms with Crippen LogP contribution in [-0.2, 0) is 6.54 Å². The van der Waals surface area contributed by atoms with Gasteiger partial charge in [0.05, 0.1) is 0 Å². The van der Waals surface area contributed by atoms with Crippen LogP contribution in [0, 0.1) is 0 Å². The van der Waals surface area contributed by atoms with Gasteiger partial charge in [-0.25, -0.2) is 9.79 Å². The second-order valence-electron chi connectivity index (χ2n) is 4.09. The number of amides is 2. The Hall–Kier alpha value is -1.84. The van der Waals surface area contributed by atoms with Crippen LogP contribution in [0.2, 0.25) is 10.0 Å². The molecule has 3 nitrogen and oxygen atoms in total. The largest absolute Gasteiger partial charge is 0.341 e. The maximum absolute atomic E-state index is 11.6. The fraction of sp³-hybridized carbons (Fsp3) is 0.0667.